The molecule has 0 bridgehead atoms. The fourth-order valence-corrected chi connectivity index (χ4v) is 3.71. The van der Waals surface area contributed by atoms with Gasteiger partial charge in [-0.15, -0.1) is 0 Å². The first-order chi connectivity index (χ1) is 15.0. The fourth-order valence-electron chi connectivity index (χ4n) is 3.71. The van der Waals surface area contributed by atoms with E-state index in [4.69, 9.17) is 5.73 Å². The minimum atomic E-state index is -0.0292. The van der Waals surface area contributed by atoms with Crippen LogP contribution in [-0.4, -0.2) is 53.4 Å². The molecule has 2 aromatic rings. The first kappa shape index (κ1) is 22.6. The third-order valence-corrected chi connectivity index (χ3v) is 5.63. The topological polar surface area (TPSA) is 74.5 Å². The summed E-state index contributed by atoms with van der Waals surface area (Å²) in [6.07, 6.45) is 4.95. The van der Waals surface area contributed by atoms with Gasteiger partial charge in [0.1, 0.15) is 5.82 Å². The number of rotatable bonds is 8. The highest BCUT2D eigenvalue weighted by Crippen LogP contribution is 2.25. The molecule has 0 spiro atoms. The normalized spacial score (nSPS) is 15.0. The van der Waals surface area contributed by atoms with Gasteiger partial charge in [0.25, 0.3) is 0 Å². The zero-order valence-electron chi connectivity index (χ0n) is 18.6. The SMILES string of the molecule is C=C(c1ccccc1/C=C(\N)c1ccc(NC(=O)CCC)nc1)N1CCN(CC)CC1. The zero-order chi connectivity index (χ0) is 22.2. The second kappa shape index (κ2) is 10.8. The molecule has 164 valence electrons. The minimum absolute atomic E-state index is 0.0292. The lowest BCUT2D eigenvalue weighted by atomic mass is 10.0. The maximum Gasteiger partial charge on any atom is 0.225 e. The molecular formula is C25H33N5O. The van der Waals surface area contributed by atoms with Crippen LogP contribution in [0.25, 0.3) is 17.5 Å². The lowest BCUT2D eigenvalue weighted by Gasteiger charge is -2.37. The van der Waals surface area contributed by atoms with Crippen molar-refractivity contribution in [1.82, 2.24) is 14.8 Å². The van der Waals surface area contributed by atoms with E-state index >= 15 is 0 Å². The van der Waals surface area contributed by atoms with Crippen LogP contribution in [0.5, 0.6) is 0 Å². The summed E-state index contributed by atoms with van der Waals surface area (Å²) in [5.41, 5.74) is 11.0. The minimum Gasteiger partial charge on any atom is -0.398 e. The number of pyridine rings is 1. The number of nitrogens with zero attached hydrogens (tertiary/aromatic N) is 3. The maximum atomic E-state index is 11.7. The maximum absolute atomic E-state index is 11.7. The lowest BCUT2D eigenvalue weighted by Crippen LogP contribution is -2.45. The standard InChI is InChI=1S/C25H33N5O/c1-4-8-25(31)28-24-12-11-21(18-27-24)23(26)17-20-9-6-7-10-22(20)19(3)30-15-13-29(5-2)14-16-30/h6-7,9-12,17-18H,3-5,8,13-16,26H2,1-2H3,(H,27,28,31)/b23-17-. The molecule has 31 heavy (non-hydrogen) atoms. The van der Waals surface area contributed by atoms with E-state index in [9.17, 15) is 4.79 Å². The monoisotopic (exact) mass is 419 g/mol. The summed E-state index contributed by atoms with van der Waals surface area (Å²) < 4.78 is 0. The Balaban J connectivity index is 1.74. The number of hydrogen-bond donors (Lipinski definition) is 2. The van der Waals surface area contributed by atoms with Gasteiger partial charge in [0, 0.05) is 61.3 Å². The third kappa shape index (κ3) is 5.95. The van der Waals surface area contributed by atoms with Gasteiger partial charge in [0.2, 0.25) is 5.91 Å². The summed E-state index contributed by atoms with van der Waals surface area (Å²) in [6.45, 7) is 13.7. The van der Waals surface area contributed by atoms with Crippen molar-refractivity contribution in [2.24, 2.45) is 5.73 Å². The summed E-state index contributed by atoms with van der Waals surface area (Å²) >= 11 is 0. The van der Waals surface area contributed by atoms with Gasteiger partial charge >= 0.3 is 0 Å². The quantitative estimate of drug-likeness (QED) is 0.679. The summed E-state index contributed by atoms with van der Waals surface area (Å²) in [7, 11) is 0. The van der Waals surface area contributed by atoms with Crippen LogP contribution in [0.3, 0.4) is 0 Å². The summed E-state index contributed by atoms with van der Waals surface area (Å²) in [4.78, 5) is 20.9. The van der Waals surface area contributed by atoms with Crippen LogP contribution >= 0.6 is 0 Å². The molecule has 0 unspecified atom stereocenters. The number of nitrogens with two attached hydrogens (primary N) is 1. The first-order valence-electron chi connectivity index (χ1n) is 11.0. The van der Waals surface area contributed by atoms with Crippen molar-refractivity contribution in [3.05, 3.63) is 65.9 Å². The second-order valence-electron chi connectivity index (χ2n) is 7.79. The molecule has 3 N–H and O–H groups in total. The number of hydrogen-bond acceptors (Lipinski definition) is 5. The predicted molar refractivity (Wildman–Crippen MR) is 129 cm³/mol. The molecule has 0 radical (unpaired) electrons. The van der Waals surface area contributed by atoms with E-state index in [1.165, 1.54) is 0 Å². The highest BCUT2D eigenvalue weighted by molar-refractivity contribution is 5.90. The van der Waals surface area contributed by atoms with Crippen LogP contribution < -0.4 is 11.1 Å². The molecule has 1 amide bonds. The smallest absolute Gasteiger partial charge is 0.225 e. The van der Waals surface area contributed by atoms with Crippen molar-refractivity contribution in [1.29, 1.82) is 0 Å². The number of amides is 1. The van der Waals surface area contributed by atoms with E-state index in [0.29, 0.717) is 17.9 Å². The number of aromatic nitrogens is 1. The highest BCUT2D eigenvalue weighted by atomic mass is 16.1. The second-order valence-corrected chi connectivity index (χ2v) is 7.79. The van der Waals surface area contributed by atoms with Crippen molar-refractivity contribution >= 4 is 29.2 Å². The van der Waals surface area contributed by atoms with Crippen LogP contribution in [0, 0.1) is 0 Å². The molecule has 2 heterocycles. The number of benzene rings is 1. The largest absolute Gasteiger partial charge is 0.398 e. The molecule has 1 aliphatic rings. The summed E-state index contributed by atoms with van der Waals surface area (Å²) in [5.74, 6) is 0.508. The molecule has 1 aromatic carbocycles. The van der Waals surface area contributed by atoms with E-state index in [2.05, 4.69) is 45.7 Å². The molecule has 0 aliphatic carbocycles. The van der Waals surface area contributed by atoms with Gasteiger partial charge in [-0.3, -0.25) is 4.79 Å². The molecule has 6 nitrogen and oxygen atoms in total. The zero-order valence-corrected chi connectivity index (χ0v) is 18.6. The molecule has 1 aliphatic heterocycles. The number of carbonyl (C=O) groups excluding carboxylic acids is 1. The number of piperazine rings is 1. The van der Waals surface area contributed by atoms with Crippen molar-refractivity contribution in [3.8, 4) is 0 Å². The van der Waals surface area contributed by atoms with Gasteiger partial charge in [-0.25, -0.2) is 4.98 Å². The summed E-state index contributed by atoms with van der Waals surface area (Å²) in [5, 5.41) is 2.80. The van der Waals surface area contributed by atoms with Gasteiger partial charge in [0.05, 0.1) is 0 Å². The van der Waals surface area contributed by atoms with Gasteiger partial charge in [-0.2, -0.15) is 0 Å². The van der Waals surface area contributed by atoms with E-state index in [-0.39, 0.29) is 5.91 Å². The molecular weight excluding hydrogens is 386 g/mol. The van der Waals surface area contributed by atoms with Crippen molar-refractivity contribution < 1.29 is 4.79 Å². The van der Waals surface area contributed by atoms with Crippen LogP contribution in [0.1, 0.15) is 43.4 Å². The molecule has 1 saturated heterocycles. The van der Waals surface area contributed by atoms with E-state index < -0.39 is 0 Å². The average Bonchev–Trinajstić information content (AvgIpc) is 2.79. The third-order valence-electron chi connectivity index (χ3n) is 5.63. The van der Waals surface area contributed by atoms with Gasteiger partial charge in [-0.05, 0) is 36.7 Å². The Hall–Kier alpha value is -3.12. The highest BCUT2D eigenvalue weighted by Gasteiger charge is 2.18. The van der Waals surface area contributed by atoms with Crippen LogP contribution in [0.2, 0.25) is 0 Å². The van der Waals surface area contributed by atoms with Crippen molar-refractivity contribution in [3.63, 3.8) is 0 Å². The van der Waals surface area contributed by atoms with Crippen molar-refractivity contribution in [2.75, 3.05) is 38.0 Å². The number of carbonyl (C=O) groups is 1. The first-order valence-corrected chi connectivity index (χ1v) is 11.0. The molecule has 1 aromatic heterocycles. The van der Waals surface area contributed by atoms with Crippen LogP contribution in [-0.2, 0) is 4.79 Å². The number of anilines is 1. The predicted octanol–water partition coefficient (Wildman–Crippen LogP) is 3.89. The molecule has 1 fully saturated rings. The molecule has 0 saturated carbocycles. The molecule has 3 rings (SSSR count). The number of nitrogens with one attached hydrogen (secondary N) is 1. The Morgan fingerprint density at radius 1 is 1.16 bits per heavy atom. The molecule has 6 heteroatoms. The Kier molecular flexibility index (Phi) is 7.84. The van der Waals surface area contributed by atoms with E-state index in [0.717, 1.165) is 61.5 Å². The number of likely N-dealkylation sites (N-methyl/N-ethyl adjacent to an activating group) is 1. The Labute approximate surface area is 185 Å². The van der Waals surface area contributed by atoms with Crippen molar-refractivity contribution in [2.45, 2.75) is 26.7 Å². The Bertz CT molecular complexity index is 927. The van der Waals surface area contributed by atoms with Gasteiger partial charge in [0.15, 0.2) is 0 Å². The Morgan fingerprint density at radius 2 is 1.90 bits per heavy atom. The lowest BCUT2D eigenvalue weighted by molar-refractivity contribution is -0.116. The van der Waals surface area contributed by atoms with Crippen LogP contribution in [0.15, 0.2) is 49.2 Å². The molecule has 0 atom stereocenters. The van der Waals surface area contributed by atoms with E-state index in [1.807, 2.05) is 31.2 Å². The van der Waals surface area contributed by atoms with Gasteiger partial charge < -0.3 is 20.9 Å². The Morgan fingerprint density at radius 3 is 2.55 bits per heavy atom. The van der Waals surface area contributed by atoms with Gasteiger partial charge in [-0.1, -0.05) is 44.7 Å². The van der Waals surface area contributed by atoms with E-state index in [1.54, 1.807) is 12.3 Å². The average molecular weight is 420 g/mol. The summed E-state index contributed by atoms with van der Waals surface area (Å²) in [6, 6.07) is 11.9. The van der Waals surface area contributed by atoms with Crippen LogP contribution in [0.4, 0.5) is 5.82 Å². The fraction of sp³-hybridized carbons (Fsp3) is 0.360.